The zero-order valence-electron chi connectivity index (χ0n) is 7.52. The van der Waals surface area contributed by atoms with Gasteiger partial charge in [0.2, 0.25) is 0 Å². The van der Waals surface area contributed by atoms with Gasteiger partial charge in [0.15, 0.2) is 11.6 Å². The Labute approximate surface area is 75.3 Å². The second-order valence-electron chi connectivity index (χ2n) is 2.98. The van der Waals surface area contributed by atoms with Crippen molar-refractivity contribution in [3.8, 4) is 5.75 Å². The average molecular weight is 179 g/mol. The molecule has 2 rings (SSSR count). The molecule has 13 heavy (non-hydrogen) atoms. The van der Waals surface area contributed by atoms with Crippen molar-refractivity contribution in [2.45, 2.75) is 6.92 Å². The van der Waals surface area contributed by atoms with Gasteiger partial charge in [0, 0.05) is 17.1 Å². The number of aromatic nitrogens is 1. The molecule has 0 fully saturated rings. The maximum Gasteiger partial charge on any atom is 0.174 e. The first-order chi connectivity index (χ1) is 6.24. The Bertz CT molecular complexity index is 447. The first-order valence-corrected chi connectivity index (χ1v) is 4.04. The Morgan fingerprint density at radius 1 is 1.38 bits per heavy atom. The molecule has 0 bridgehead atoms. The second kappa shape index (κ2) is 2.76. The molecule has 0 unspecified atom stereocenters. The lowest BCUT2D eigenvalue weighted by Crippen LogP contribution is -1.88. The maximum atomic E-state index is 13.6. The SMILES string of the molecule is COc1ccc2[nH]cc(C)c2c1F. The van der Waals surface area contributed by atoms with Crippen LogP contribution in [0.2, 0.25) is 0 Å². The van der Waals surface area contributed by atoms with Gasteiger partial charge in [-0.15, -0.1) is 0 Å². The van der Waals surface area contributed by atoms with Crippen LogP contribution in [-0.2, 0) is 0 Å². The summed E-state index contributed by atoms with van der Waals surface area (Å²) in [6.45, 7) is 1.86. The smallest absolute Gasteiger partial charge is 0.174 e. The molecule has 0 aliphatic carbocycles. The van der Waals surface area contributed by atoms with E-state index in [1.54, 1.807) is 12.3 Å². The van der Waals surface area contributed by atoms with Crippen molar-refractivity contribution in [2.24, 2.45) is 0 Å². The van der Waals surface area contributed by atoms with E-state index in [9.17, 15) is 4.39 Å². The number of fused-ring (bicyclic) bond motifs is 1. The van der Waals surface area contributed by atoms with Crippen LogP contribution >= 0.6 is 0 Å². The molecule has 1 N–H and O–H groups in total. The molecule has 0 aliphatic rings. The minimum Gasteiger partial charge on any atom is -0.494 e. The van der Waals surface area contributed by atoms with E-state index in [-0.39, 0.29) is 11.6 Å². The number of nitrogens with one attached hydrogen (secondary N) is 1. The van der Waals surface area contributed by atoms with Crippen molar-refractivity contribution in [3.05, 3.63) is 29.7 Å². The predicted molar refractivity (Wildman–Crippen MR) is 49.5 cm³/mol. The summed E-state index contributed by atoms with van der Waals surface area (Å²) in [5, 5.41) is 0.611. The summed E-state index contributed by atoms with van der Waals surface area (Å²) in [6.07, 6.45) is 1.78. The quantitative estimate of drug-likeness (QED) is 0.715. The maximum absolute atomic E-state index is 13.6. The van der Waals surface area contributed by atoms with Gasteiger partial charge >= 0.3 is 0 Å². The highest BCUT2D eigenvalue weighted by atomic mass is 19.1. The normalized spacial score (nSPS) is 10.7. The van der Waals surface area contributed by atoms with Crippen LogP contribution in [0.5, 0.6) is 5.75 Å². The highest BCUT2D eigenvalue weighted by molar-refractivity contribution is 5.85. The van der Waals surface area contributed by atoms with E-state index in [0.717, 1.165) is 11.1 Å². The van der Waals surface area contributed by atoms with Crippen molar-refractivity contribution in [2.75, 3.05) is 7.11 Å². The van der Waals surface area contributed by atoms with Crippen molar-refractivity contribution >= 4 is 10.9 Å². The number of benzene rings is 1. The van der Waals surface area contributed by atoms with Crippen LogP contribution in [0.4, 0.5) is 4.39 Å². The molecule has 0 saturated carbocycles. The summed E-state index contributed by atoms with van der Waals surface area (Å²) >= 11 is 0. The fraction of sp³-hybridized carbons (Fsp3) is 0.200. The molecule has 1 heterocycles. The molecular weight excluding hydrogens is 169 g/mol. The van der Waals surface area contributed by atoms with E-state index >= 15 is 0 Å². The van der Waals surface area contributed by atoms with Crippen LogP contribution < -0.4 is 4.74 Å². The van der Waals surface area contributed by atoms with Gasteiger partial charge in [-0.2, -0.15) is 0 Å². The molecule has 0 radical (unpaired) electrons. The number of rotatable bonds is 1. The number of aryl methyl sites for hydroxylation is 1. The fourth-order valence-electron chi connectivity index (χ4n) is 1.48. The third kappa shape index (κ3) is 1.08. The van der Waals surface area contributed by atoms with E-state index in [1.807, 2.05) is 13.0 Å². The van der Waals surface area contributed by atoms with Gasteiger partial charge in [0.25, 0.3) is 0 Å². The predicted octanol–water partition coefficient (Wildman–Crippen LogP) is 2.62. The number of halogens is 1. The van der Waals surface area contributed by atoms with Crippen molar-refractivity contribution < 1.29 is 9.13 Å². The van der Waals surface area contributed by atoms with Gasteiger partial charge in [-0.05, 0) is 24.6 Å². The summed E-state index contributed by atoms with van der Waals surface area (Å²) in [5.74, 6) is -0.00560. The van der Waals surface area contributed by atoms with Crippen LogP contribution in [-0.4, -0.2) is 12.1 Å². The van der Waals surface area contributed by atoms with E-state index in [2.05, 4.69) is 4.98 Å². The molecule has 1 aromatic heterocycles. The highest BCUT2D eigenvalue weighted by Crippen LogP contribution is 2.27. The topological polar surface area (TPSA) is 25.0 Å². The molecule has 0 amide bonds. The summed E-state index contributed by atoms with van der Waals surface area (Å²) < 4.78 is 18.5. The molecule has 2 aromatic rings. The van der Waals surface area contributed by atoms with Gasteiger partial charge in [-0.25, -0.2) is 4.39 Å². The average Bonchev–Trinajstić information content (AvgIpc) is 2.49. The first-order valence-electron chi connectivity index (χ1n) is 4.04. The van der Waals surface area contributed by atoms with Crippen LogP contribution in [0, 0.1) is 12.7 Å². The zero-order valence-corrected chi connectivity index (χ0v) is 7.52. The molecule has 2 nitrogen and oxygen atoms in total. The molecular formula is C10H10FNO. The van der Waals surface area contributed by atoms with Gasteiger partial charge in [-0.3, -0.25) is 0 Å². The third-order valence-electron chi connectivity index (χ3n) is 2.16. The summed E-state index contributed by atoms with van der Waals surface area (Å²) in [5.41, 5.74) is 1.70. The monoisotopic (exact) mass is 179 g/mol. The Balaban J connectivity index is 2.83. The molecule has 68 valence electrons. The number of hydrogen-bond donors (Lipinski definition) is 1. The molecule has 0 atom stereocenters. The Morgan fingerprint density at radius 2 is 2.15 bits per heavy atom. The molecule has 0 aliphatic heterocycles. The van der Waals surface area contributed by atoms with Gasteiger partial charge in [0.1, 0.15) is 0 Å². The molecule has 1 aromatic carbocycles. The first kappa shape index (κ1) is 8.10. The van der Waals surface area contributed by atoms with Crippen LogP contribution in [0.25, 0.3) is 10.9 Å². The van der Waals surface area contributed by atoms with E-state index in [4.69, 9.17) is 4.74 Å². The second-order valence-corrected chi connectivity index (χ2v) is 2.98. The third-order valence-corrected chi connectivity index (χ3v) is 2.16. The number of ether oxygens (including phenoxy) is 1. The number of aromatic amines is 1. The van der Waals surface area contributed by atoms with Crippen molar-refractivity contribution in [3.63, 3.8) is 0 Å². The van der Waals surface area contributed by atoms with Gasteiger partial charge in [-0.1, -0.05) is 0 Å². The minimum absolute atomic E-state index is 0.287. The number of H-pyrrole nitrogens is 1. The van der Waals surface area contributed by atoms with Gasteiger partial charge < -0.3 is 9.72 Å². The van der Waals surface area contributed by atoms with Crippen LogP contribution in [0.15, 0.2) is 18.3 Å². The number of hydrogen-bond acceptors (Lipinski definition) is 1. The summed E-state index contributed by atoms with van der Waals surface area (Å²) in [4.78, 5) is 2.98. The summed E-state index contributed by atoms with van der Waals surface area (Å²) in [6, 6.07) is 3.43. The lowest BCUT2D eigenvalue weighted by atomic mass is 10.2. The largest absolute Gasteiger partial charge is 0.494 e. The Kier molecular flexibility index (Phi) is 1.72. The van der Waals surface area contributed by atoms with Crippen LogP contribution in [0.1, 0.15) is 5.56 Å². The Morgan fingerprint density at radius 3 is 2.85 bits per heavy atom. The number of methoxy groups -OCH3 is 1. The fourth-order valence-corrected chi connectivity index (χ4v) is 1.48. The van der Waals surface area contributed by atoms with Crippen LogP contribution in [0.3, 0.4) is 0 Å². The summed E-state index contributed by atoms with van der Waals surface area (Å²) in [7, 11) is 1.46. The molecule has 0 spiro atoms. The minimum atomic E-state index is -0.293. The van der Waals surface area contributed by atoms with E-state index < -0.39 is 0 Å². The van der Waals surface area contributed by atoms with E-state index in [0.29, 0.717) is 5.39 Å². The zero-order chi connectivity index (χ0) is 9.42. The molecule has 3 heteroatoms. The standard InChI is InChI=1S/C10H10FNO/c1-6-5-12-7-3-4-8(13-2)10(11)9(6)7/h3-5,12H,1-2H3. The van der Waals surface area contributed by atoms with Gasteiger partial charge in [0.05, 0.1) is 7.11 Å². The van der Waals surface area contributed by atoms with E-state index in [1.165, 1.54) is 7.11 Å². The highest BCUT2D eigenvalue weighted by Gasteiger charge is 2.10. The Hall–Kier alpha value is -1.51. The molecule has 0 saturated heterocycles. The lowest BCUT2D eigenvalue weighted by Gasteiger charge is -2.02. The lowest BCUT2D eigenvalue weighted by molar-refractivity contribution is 0.389. The van der Waals surface area contributed by atoms with Crippen molar-refractivity contribution in [1.29, 1.82) is 0 Å². The van der Waals surface area contributed by atoms with Crippen molar-refractivity contribution in [1.82, 2.24) is 4.98 Å².